The minimum Gasteiger partial charge on any atom is -0.502 e. The molecule has 1 atom stereocenters. The van der Waals surface area contributed by atoms with Crippen LogP contribution < -0.4 is 10.6 Å². The van der Waals surface area contributed by atoms with Crippen molar-refractivity contribution in [3.05, 3.63) is 49.2 Å². The van der Waals surface area contributed by atoms with Crippen molar-refractivity contribution in [2.45, 2.75) is 24.7 Å². The topological polar surface area (TPSA) is 122 Å². The first-order valence-corrected chi connectivity index (χ1v) is 9.14. The van der Waals surface area contributed by atoms with Crippen molar-refractivity contribution in [3.8, 4) is 0 Å². The second-order valence-electron chi connectivity index (χ2n) is 5.48. The van der Waals surface area contributed by atoms with Crippen molar-refractivity contribution in [1.29, 1.82) is 0 Å². The molecule has 1 aromatic carbocycles. The van der Waals surface area contributed by atoms with E-state index in [-0.39, 0.29) is 13.0 Å². The van der Waals surface area contributed by atoms with E-state index in [9.17, 15) is 18.6 Å². The van der Waals surface area contributed by atoms with Crippen LogP contribution in [-0.2, 0) is 25.4 Å². The van der Waals surface area contributed by atoms with Crippen LogP contribution in [0.5, 0.6) is 0 Å². The van der Waals surface area contributed by atoms with Gasteiger partial charge in [-0.25, -0.2) is 9.00 Å². The van der Waals surface area contributed by atoms with E-state index in [1.165, 1.54) is 6.26 Å². The molecule has 1 heterocycles. The number of amides is 4. The number of urea groups is 1. The molecule has 4 amide bonds. The molecule has 8 nitrogen and oxygen atoms in total. The van der Waals surface area contributed by atoms with Crippen LogP contribution in [0.2, 0.25) is 0 Å². The number of rotatable bonds is 7. The molecule has 1 aromatic rings. The maximum atomic E-state index is 11.7. The molecule has 9 heteroatoms. The van der Waals surface area contributed by atoms with Crippen LogP contribution in [0.1, 0.15) is 25.3 Å². The molecule has 1 fully saturated rings. The smallest absolute Gasteiger partial charge is 0.328 e. The highest BCUT2D eigenvalue weighted by molar-refractivity contribution is 7.79. The van der Waals surface area contributed by atoms with Gasteiger partial charge in [-0.3, -0.25) is 20.2 Å². The van der Waals surface area contributed by atoms with E-state index in [0.717, 1.165) is 5.56 Å². The second kappa shape index (κ2) is 10.4. The number of hydrogen-bond acceptors (Lipinski definition) is 5. The summed E-state index contributed by atoms with van der Waals surface area (Å²) < 4.78 is 24.0. The Bertz CT molecular complexity index is 725. The van der Waals surface area contributed by atoms with Gasteiger partial charge in [-0.15, -0.1) is 0 Å². The zero-order chi connectivity index (χ0) is 20.4. The van der Waals surface area contributed by atoms with Gasteiger partial charge in [0.05, 0.1) is 17.8 Å². The number of carbonyl (C=O) groups is 3. The van der Waals surface area contributed by atoms with Crippen molar-refractivity contribution in [3.63, 3.8) is 0 Å². The van der Waals surface area contributed by atoms with Gasteiger partial charge in [0.2, 0.25) is 11.8 Å². The Kier molecular flexibility index (Phi) is 8.57. The molecule has 0 spiro atoms. The highest BCUT2D eigenvalue weighted by Crippen LogP contribution is 2.29. The van der Waals surface area contributed by atoms with Crippen LogP contribution in [0.3, 0.4) is 0 Å². The predicted molar refractivity (Wildman–Crippen MR) is 101 cm³/mol. The predicted octanol–water partition coefficient (Wildman–Crippen LogP) is 2.21. The lowest BCUT2D eigenvalue weighted by Gasteiger charge is -2.32. The van der Waals surface area contributed by atoms with E-state index in [1.807, 2.05) is 0 Å². The third-order valence-corrected chi connectivity index (χ3v) is 4.68. The second-order valence-corrected chi connectivity index (χ2v) is 6.45. The third kappa shape index (κ3) is 5.87. The summed E-state index contributed by atoms with van der Waals surface area (Å²) in [5.41, 5.74) is -0.282. The van der Waals surface area contributed by atoms with Gasteiger partial charge in [0, 0.05) is 6.42 Å². The molecule has 0 aromatic heterocycles. The fraction of sp³-hybridized carbons (Fsp3) is 0.278. The lowest BCUT2D eigenvalue weighted by Crippen LogP contribution is -2.62. The Balaban J connectivity index is 0.000000289. The molecule has 0 aliphatic carbocycles. The van der Waals surface area contributed by atoms with Gasteiger partial charge in [0.1, 0.15) is 5.41 Å². The van der Waals surface area contributed by atoms with Crippen molar-refractivity contribution >= 4 is 35.0 Å². The van der Waals surface area contributed by atoms with Gasteiger partial charge in [0.15, 0.2) is 11.1 Å². The van der Waals surface area contributed by atoms with Gasteiger partial charge < -0.3 is 9.29 Å². The molecule has 2 rings (SSSR count). The Morgan fingerprint density at radius 3 is 2.11 bits per heavy atom. The summed E-state index contributed by atoms with van der Waals surface area (Å²) in [5.74, 6) is -1.15. The highest BCUT2D eigenvalue weighted by Gasteiger charge is 2.48. The van der Waals surface area contributed by atoms with E-state index in [4.69, 9.17) is 9.29 Å². The quantitative estimate of drug-likeness (QED) is 0.282. The first kappa shape index (κ1) is 22.3. The van der Waals surface area contributed by atoms with Gasteiger partial charge in [-0.1, -0.05) is 38.3 Å². The molecule has 146 valence electrons. The lowest BCUT2D eigenvalue weighted by molar-refractivity contribution is -0.145. The van der Waals surface area contributed by atoms with Crippen molar-refractivity contribution in [1.82, 2.24) is 10.6 Å². The van der Waals surface area contributed by atoms with E-state index >= 15 is 0 Å². The van der Waals surface area contributed by atoms with Gasteiger partial charge in [-0.2, -0.15) is 0 Å². The minimum absolute atomic E-state index is 0.201. The number of benzene rings is 1. The maximum absolute atomic E-state index is 11.7. The Morgan fingerprint density at radius 2 is 1.70 bits per heavy atom. The van der Waals surface area contributed by atoms with E-state index in [2.05, 4.69) is 23.8 Å². The van der Waals surface area contributed by atoms with Crippen LogP contribution in [0.25, 0.3) is 6.08 Å². The summed E-state index contributed by atoms with van der Waals surface area (Å²) >= 11 is -1.87. The molecule has 27 heavy (non-hydrogen) atoms. The first-order chi connectivity index (χ1) is 12.8. The number of hydrogen-bond donors (Lipinski definition) is 3. The molecule has 1 aliphatic heterocycles. The highest BCUT2D eigenvalue weighted by atomic mass is 32.2. The molecule has 0 radical (unpaired) electrons. The zero-order valence-electron chi connectivity index (χ0n) is 14.9. The standard InChI is InChI=1S/C10H14N2O4.C8H8O2S/c1-3-10(5-6-16-4-2)7(13)11-9(15)12-8(10)14;1-2-7-3-5-8(6-4-7)11(9)10/h4H,2-3,5-6H2,1H3,(H2,11,12,13,14,15);2-6H,1H2,(H,9,10). The van der Waals surface area contributed by atoms with Crippen LogP contribution in [0.4, 0.5) is 4.79 Å². The van der Waals surface area contributed by atoms with E-state index in [0.29, 0.717) is 11.3 Å². The summed E-state index contributed by atoms with van der Waals surface area (Å²) in [5, 5.41) is 4.17. The molecule has 0 bridgehead atoms. The summed E-state index contributed by atoms with van der Waals surface area (Å²) in [7, 11) is 0. The summed E-state index contributed by atoms with van der Waals surface area (Å²) in [6.07, 6.45) is 3.44. The number of ether oxygens (including phenoxy) is 1. The monoisotopic (exact) mass is 394 g/mol. The van der Waals surface area contributed by atoms with Crippen molar-refractivity contribution < 1.29 is 27.9 Å². The number of imide groups is 2. The molecule has 1 aliphatic rings. The fourth-order valence-electron chi connectivity index (χ4n) is 2.34. The first-order valence-electron chi connectivity index (χ1n) is 8.03. The van der Waals surface area contributed by atoms with Crippen LogP contribution in [0, 0.1) is 5.41 Å². The lowest BCUT2D eigenvalue weighted by atomic mass is 9.79. The zero-order valence-corrected chi connectivity index (χ0v) is 15.7. The average molecular weight is 394 g/mol. The maximum Gasteiger partial charge on any atom is 0.328 e. The normalized spacial score (nSPS) is 16.1. The average Bonchev–Trinajstić information content (AvgIpc) is 2.65. The summed E-state index contributed by atoms with van der Waals surface area (Å²) in [6.45, 7) is 8.84. The Labute approximate surface area is 160 Å². The van der Waals surface area contributed by atoms with E-state index < -0.39 is 34.3 Å². The number of barbiturate groups is 1. The molecule has 0 saturated carbocycles. The Morgan fingerprint density at radius 1 is 1.15 bits per heavy atom. The fourth-order valence-corrected chi connectivity index (χ4v) is 2.71. The minimum atomic E-state index is -1.87. The Hall–Kier alpha value is -2.78. The number of nitrogens with one attached hydrogen (secondary N) is 2. The molecular weight excluding hydrogens is 372 g/mol. The summed E-state index contributed by atoms with van der Waals surface area (Å²) in [4.78, 5) is 34.7. The van der Waals surface area contributed by atoms with Crippen LogP contribution in [-0.4, -0.2) is 33.2 Å². The van der Waals surface area contributed by atoms with Gasteiger partial charge in [-0.05, 0) is 24.1 Å². The van der Waals surface area contributed by atoms with Crippen LogP contribution >= 0.6 is 0 Å². The molecular formula is C18H22N2O6S. The van der Waals surface area contributed by atoms with Crippen molar-refractivity contribution in [2.24, 2.45) is 5.41 Å². The van der Waals surface area contributed by atoms with Crippen LogP contribution in [0.15, 0.2) is 48.6 Å². The molecule has 1 unspecified atom stereocenters. The SMILES string of the molecule is C=COCCC1(CC)C(=O)NC(=O)NC1=O.C=Cc1ccc(S(=O)O)cc1. The van der Waals surface area contributed by atoms with Crippen molar-refractivity contribution in [2.75, 3.05) is 6.61 Å². The van der Waals surface area contributed by atoms with Gasteiger partial charge in [0.25, 0.3) is 0 Å². The van der Waals surface area contributed by atoms with E-state index in [1.54, 1.807) is 37.3 Å². The number of carbonyl (C=O) groups excluding carboxylic acids is 3. The largest absolute Gasteiger partial charge is 0.502 e. The van der Waals surface area contributed by atoms with Gasteiger partial charge >= 0.3 is 6.03 Å². The third-order valence-electron chi connectivity index (χ3n) is 4.01. The molecule has 1 saturated heterocycles. The molecule has 3 N–H and O–H groups in total. The summed E-state index contributed by atoms with van der Waals surface area (Å²) in [6, 6.07) is 5.93.